The van der Waals surface area contributed by atoms with E-state index < -0.39 is 0 Å². The number of fused-ring (bicyclic) bond motifs is 1. The highest BCUT2D eigenvalue weighted by molar-refractivity contribution is 6.36. The molecule has 0 fully saturated rings. The number of carbonyl (C=O) groups excluding carboxylic acids is 1. The van der Waals surface area contributed by atoms with E-state index in [2.05, 4.69) is 9.97 Å². The second-order valence-electron chi connectivity index (χ2n) is 6.33. The van der Waals surface area contributed by atoms with Gasteiger partial charge in [-0.3, -0.25) is 9.20 Å². The lowest BCUT2D eigenvalue weighted by molar-refractivity contribution is 0.0988. The van der Waals surface area contributed by atoms with E-state index in [0.29, 0.717) is 21.4 Å². The van der Waals surface area contributed by atoms with E-state index in [4.69, 9.17) is 27.9 Å². The normalized spacial score (nSPS) is 10.9. The van der Waals surface area contributed by atoms with Crippen LogP contribution in [0.15, 0.2) is 61.1 Å². The molecule has 1 amide bonds. The van der Waals surface area contributed by atoms with E-state index in [9.17, 15) is 4.79 Å². The molecule has 8 heteroatoms. The summed E-state index contributed by atoms with van der Waals surface area (Å²) in [4.78, 5) is 23.1. The van der Waals surface area contributed by atoms with Crippen LogP contribution in [-0.4, -0.2) is 34.4 Å². The van der Waals surface area contributed by atoms with Crippen LogP contribution in [0.2, 0.25) is 10.0 Å². The van der Waals surface area contributed by atoms with E-state index >= 15 is 0 Å². The number of aromatic nitrogens is 3. The Morgan fingerprint density at radius 2 is 1.83 bits per heavy atom. The summed E-state index contributed by atoms with van der Waals surface area (Å²) < 4.78 is 7.04. The Morgan fingerprint density at radius 3 is 2.52 bits per heavy atom. The molecular weight excluding hydrogens is 411 g/mol. The summed E-state index contributed by atoms with van der Waals surface area (Å²) in [6.45, 7) is 0. The summed E-state index contributed by atoms with van der Waals surface area (Å²) in [5.41, 5.74) is 3.23. The molecule has 4 rings (SSSR count). The van der Waals surface area contributed by atoms with Crippen molar-refractivity contribution in [1.29, 1.82) is 0 Å². The van der Waals surface area contributed by atoms with Crippen LogP contribution >= 0.6 is 23.2 Å². The van der Waals surface area contributed by atoms with Crippen molar-refractivity contribution in [2.75, 3.05) is 19.1 Å². The summed E-state index contributed by atoms with van der Waals surface area (Å²) in [7, 11) is 3.26. The number of methoxy groups -OCH3 is 1. The summed E-state index contributed by atoms with van der Waals surface area (Å²) in [5.74, 6) is 0.465. The number of imidazole rings is 1. The number of ether oxygens (including phenoxy) is 1. The summed E-state index contributed by atoms with van der Waals surface area (Å²) >= 11 is 12.2. The number of amides is 1. The van der Waals surface area contributed by atoms with Gasteiger partial charge in [0.25, 0.3) is 5.91 Å². The second-order valence-corrected chi connectivity index (χ2v) is 7.18. The molecule has 0 saturated heterocycles. The van der Waals surface area contributed by atoms with Gasteiger partial charge in [-0.25, -0.2) is 9.97 Å². The van der Waals surface area contributed by atoms with Crippen LogP contribution in [0, 0.1) is 0 Å². The predicted molar refractivity (Wildman–Crippen MR) is 114 cm³/mol. The SMILES string of the molecule is COc1ccc(-c2cnc3cnc(C(=O)N(C)c4ccc(Cl)cc4Cl)cn23)cc1. The fraction of sp³-hybridized carbons (Fsp3) is 0.0952. The van der Waals surface area contributed by atoms with E-state index in [-0.39, 0.29) is 11.6 Å². The molecule has 4 aromatic rings. The molecule has 29 heavy (non-hydrogen) atoms. The Kier molecular flexibility index (Phi) is 5.13. The molecule has 0 atom stereocenters. The molecule has 6 nitrogen and oxygen atoms in total. The van der Waals surface area contributed by atoms with Crippen LogP contribution in [0.1, 0.15) is 10.5 Å². The van der Waals surface area contributed by atoms with E-state index in [1.54, 1.807) is 50.9 Å². The fourth-order valence-electron chi connectivity index (χ4n) is 3.01. The van der Waals surface area contributed by atoms with E-state index in [0.717, 1.165) is 17.0 Å². The molecule has 0 spiro atoms. The Bertz CT molecular complexity index is 1210. The number of nitrogens with zero attached hydrogens (tertiary/aromatic N) is 4. The minimum atomic E-state index is -0.300. The maximum atomic E-state index is 13.0. The summed E-state index contributed by atoms with van der Waals surface area (Å²) in [6.07, 6.45) is 4.98. The average Bonchev–Trinajstić information content (AvgIpc) is 3.16. The first kappa shape index (κ1) is 19.2. The van der Waals surface area contributed by atoms with Gasteiger partial charge in [-0.1, -0.05) is 23.2 Å². The Balaban J connectivity index is 1.71. The molecule has 0 bridgehead atoms. The second kappa shape index (κ2) is 7.73. The number of hydrogen-bond acceptors (Lipinski definition) is 4. The minimum Gasteiger partial charge on any atom is -0.497 e. The van der Waals surface area contributed by atoms with Gasteiger partial charge in [-0.15, -0.1) is 0 Å². The van der Waals surface area contributed by atoms with Gasteiger partial charge in [-0.2, -0.15) is 0 Å². The molecule has 2 aromatic carbocycles. The van der Waals surface area contributed by atoms with E-state index in [1.165, 1.54) is 4.90 Å². The number of benzene rings is 2. The molecule has 0 aliphatic rings. The van der Waals surface area contributed by atoms with Crippen LogP contribution in [0.25, 0.3) is 16.9 Å². The smallest absolute Gasteiger partial charge is 0.278 e. The third-order valence-electron chi connectivity index (χ3n) is 4.58. The first-order valence-corrected chi connectivity index (χ1v) is 9.44. The Labute approximate surface area is 177 Å². The lowest BCUT2D eigenvalue weighted by Crippen LogP contribution is -2.27. The van der Waals surface area contributed by atoms with Crippen molar-refractivity contribution >= 4 is 40.4 Å². The van der Waals surface area contributed by atoms with Gasteiger partial charge in [0.2, 0.25) is 0 Å². The number of halogens is 2. The zero-order valence-electron chi connectivity index (χ0n) is 15.6. The van der Waals surface area contributed by atoms with Crippen molar-refractivity contribution < 1.29 is 9.53 Å². The molecule has 0 radical (unpaired) electrons. The van der Waals surface area contributed by atoms with Crippen molar-refractivity contribution in [3.63, 3.8) is 0 Å². The third kappa shape index (κ3) is 3.64. The predicted octanol–water partition coefficient (Wildman–Crippen LogP) is 4.99. The lowest BCUT2D eigenvalue weighted by atomic mass is 10.1. The quantitative estimate of drug-likeness (QED) is 0.461. The molecule has 146 valence electrons. The van der Waals surface area contributed by atoms with Gasteiger partial charge in [0, 0.05) is 23.8 Å². The molecule has 0 aliphatic carbocycles. The van der Waals surface area contributed by atoms with Gasteiger partial charge in [0.05, 0.1) is 35.9 Å². The maximum Gasteiger partial charge on any atom is 0.278 e. The van der Waals surface area contributed by atoms with Gasteiger partial charge >= 0.3 is 0 Å². The van der Waals surface area contributed by atoms with Gasteiger partial charge in [0.15, 0.2) is 5.65 Å². The number of hydrogen-bond donors (Lipinski definition) is 0. The topological polar surface area (TPSA) is 59.7 Å². The van der Waals surface area contributed by atoms with Crippen molar-refractivity contribution in [2.45, 2.75) is 0 Å². The van der Waals surface area contributed by atoms with Crippen LogP contribution in [0.4, 0.5) is 5.69 Å². The molecule has 0 N–H and O–H groups in total. The van der Waals surface area contributed by atoms with Crippen LogP contribution < -0.4 is 9.64 Å². The van der Waals surface area contributed by atoms with Crippen LogP contribution in [0.3, 0.4) is 0 Å². The standard InChI is InChI=1S/C21H16Cl2N4O2/c1-26(18-8-5-14(22)9-16(18)23)21(28)17-12-27-19(10-25-20(27)11-24-17)13-3-6-15(29-2)7-4-13/h3-12H,1-2H3. The van der Waals surface area contributed by atoms with Gasteiger partial charge in [0.1, 0.15) is 11.4 Å². The first-order chi connectivity index (χ1) is 14.0. The monoisotopic (exact) mass is 426 g/mol. The zero-order chi connectivity index (χ0) is 20.5. The Morgan fingerprint density at radius 1 is 1.07 bits per heavy atom. The fourth-order valence-corrected chi connectivity index (χ4v) is 3.54. The van der Waals surface area contributed by atoms with Gasteiger partial charge in [-0.05, 0) is 42.5 Å². The molecule has 0 aliphatic heterocycles. The van der Waals surface area contributed by atoms with Gasteiger partial charge < -0.3 is 9.64 Å². The summed E-state index contributed by atoms with van der Waals surface area (Å²) in [6, 6.07) is 12.6. The molecule has 2 aromatic heterocycles. The first-order valence-electron chi connectivity index (χ1n) is 8.68. The molecule has 0 unspecified atom stereocenters. The highest BCUT2D eigenvalue weighted by Gasteiger charge is 2.19. The van der Waals surface area contributed by atoms with E-state index in [1.807, 2.05) is 28.7 Å². The molecular formula is C21H16Cl2N4O2. The maximum absolute atomic E-state index is 13.0. The van der Waals surface area contributed by atoms with Crippen LogP contribution in [-0.2, 0) is 0 Å². The third-order valence-corrected chi connectivity index (χ3v) is 5.11. The highest BCUT2D eigenvalue weighted by Crippen LogP contribution is 2.29. The lowest BCUT2D eigenvalue weighted by Gasteiger charge is -2.18. The molecule has 2 heterocycles. The van der Waals surface area contributed by atoms with Crippen LogP contribution in [0.5, 0.6) is 5.75 Å². The van der Waals surface area contributed by atoms with Crippen molar-refractivity contribution in [3.05, 3.63) is 76.8 Å². The zero-order valence-corrected chi connectivity index (χ0v) is 17.1. The number of carbonyl (C=O) groups is 1. The summed E-state index contributed by atoms with van der Waals surface area (Å²) in [5, 5.41) is 0.887. The van der Waals surface area contributed by atoms with Crippen molar-refractivity contribution in [3.8, 4) is 17.0 Å². The average molecular weight is 427 g/mol. The molecule has 0 saturated carbocycles. The minimum absolute atomic E-state index is 0.263. The van der Waals surface area contributed by atoms with Crippen molar-refractivity contribution in [2.24, 2.45) is 0 Å². The Hall–Kier alpha value is -3.09. The number of rotatable bonds is 4. The van der Waals surface area contributed by atoms with Crippen molar-refractivity contribution in [1.82, 2.24) is 14.4 Å². The highest BCUT2D eigenvalue weighted by atomic mass is 35.5. The number of anilines is 1. The largest absolute Gasteiger partial charge is 0.497 e.